The molecule has 0 radical (unpaired) electrons. The zero-order valence-corrected chi connectivity index (χ0v) is 11.0. The lowest BCUT2D eigenvalue weighted by Crippen LogP contribution is -2.26. The minimum Gasteiger partial charge on any atom is -0.356 e. The van der Waals surface area contributed by atoms with Crippen LogP contribution in [0, 0.1) is 20.2 Å². The summed E-state index contributed by atoms with van der Waals surface area (Å²) in [4.78, 5) is 31.7. The van der Waals surface area contributed by atoms with E-state index in [1.165, 1.54) is 6.07 Å². The third kappa shape index (κ3) is 4.30. The van der Waals surface area contributed by atoms with Crippen LogP contribution in [0.15, 0.2) is 18.2 Å². The molecule has 20 heavy (non-hydrogen) atoms. The number of hydrogen-bond donors (Lipinski definition) is 1. The first kappa shape index (κ1) is 15.5. The number of rotatable bonds is 7. The van der Waals surface area contributed by atoms with Crippen LogP contribution in [0.3, 0.4) is 0 Å². The number of benzene rings is 1. The zero-order chi connectivity index (χ0) is 15.1. The molecule has 0 spiro atoms. The van der Waals surface area contributed by atoms with Gasteiger partial charge >= 0.3 is 0 Å². The summed E-state index contributed by atoms with van der Waals surface area (Å²) in [5.74, 6) is -0.338. The quantitative estimate of drug-likeness (QED) is 0.466. The van der Waals surface area contributed by atoms with Gasteiger partial charge in [0, 0.05) is 18.2 Å². The summed E-state index contributed by atoms with van der Waals surface area (Å²) in [6, 6.07) is 3.27. The Hall–Kier alpha value is -2.51. The third-order valence-electron chi connectivity index (χ3n) is 2.68. The van der Waals surface area contributed by atoms with Gasteiger partial charge in [0.15, 0.2) is 0 Å². The predicted octanol–water partition coefficient (Wildman–Crippen LogP) is 1.96. The fourth-order valence-corrected chi connectivity index (χ4v) is 1.63. The molecule has 1 aromatic rings. The molecule has 1 aromatic carbocycles. The molecular weight excluding hydrogens is 266 g/mol. The van der Waals surface area contributed by atoms with Gasteiger partial charge in [-0.1, -0.05) is 13.3 Å². The van der Waals surface area contributed by atoms with Gasteiger partial charge < -0.3 is 5.32 Å². The van der Waals surface area contributed by atoms with Crippen molar-refractivity contribution in [3.63, 3.8) is 0 Å². The predicted molar refractivity (Wildman–Crippen MR) is 71.4 cm³/mol. The Morgan fingerprint density at radius 2 is 1.95 bits per heavy atom. The van der Waals surface area contributed by atoms with Gasteiger partial charge in [-0.25, -0.2) is 0 Å². The molecular formula is C12H15N3O5. The Bertz CT molecular complexity index is 530. The average Bonchev–Trinajstić information content (AvgIpc) is 2.38. The van der Waals surface area contributed by atoms with E-state index in [2.05, 4.69) is 5.32 Å². The molecule has 0 aromatic heterocycles. The van der Waals surface area contributed by atoms with Gasteiger partial charge in [-0.15, -0.1) is 0 Å². The number of nitro benzene ring substituents is 2. The maximum absolute atomic E-state index is 11.6. The summed E-state index contributed by atoms with van der Waals surface area (Å²) in [6.45, 7) is 2.49. The van der Waals surface area contributed by atoms with Crippen LogP contribution in [0.5, 0.6) is 0 Å². The van der Waals surface area contributed by atoms with Crippen molar-refractivity contribution in [3.8, 4) is 0 Å². The molecule has 1 amide bonds. The number of carbonyl (C=O) groups is 1. The van der Waals surface area contributed by atoms with Crippen LogP contribution in [-0.2, 0) is 11.2 Å². The lowest BCUT2D eigenvalue weighted by molar-refractivity contribution is -0.394. The van der Waals surface area contributed by atoms with E-state index in [9.17, 15) is 25.0 Å². The SMILES string of the molecule is CCCCNC(=O)Cc1ccc([N+](=O)[O-])cc1[N+](=O)[O-]. The molecule has 0 aliphatic carbocycles. The van der Waals surface area contributed by atoms with Crippen molar-refractivity contribution < 1.29 is 14.6 Å². The van der Waals surface area contributed by atoms with Crippen molar-refractivity contribution in [1.82, 2.24) is 5.32 Å². The molecule has 8 heteroatoms. The first-order chi connectivity index (χ1) is 9.45. The largest absolute Gasteiger partial charge is 0.356 e. The maximum atomic E-state index is 11.6. The normalized spacial score (nSPS) is 10.1. The minimum atomic E-state index is -0.721. The van der Waals surface area contributed by atoms with Gasteiger partial charge in [0.1, 0.15) is 0 Å². The molecule has 0 aliphatic rings. The smallest absolute Gasteiger partial charge is 0.279 e. The molecule has 1 rings (SSSR count). The summed E-state index contributed by atoms with van der Waals surface area (Å²) < 4.78 is 0. The van der Waals surface area contributed by atoms with Crippen LogP contribution in [0.1, 0.15) is 25.3 Å². The van der Waals surface area contributed by atoms with Crippen LogP contribution in [0.2, 0.25) is 0 Å². The highest BCUT2D eigenvalue weighted by Crippen LogP contribution is 2.24. The van der Waals surface area contributed by atoms with Crippen molar-refractivity contribution in [3.05, 3.63) is 44.0 Å². The number of nitrogens with one attached hydrogen (secondary N) is 1. The third-order valence-corrected chi connectivity index (χ3v) is 2.68. The van der Waals surface area contributed by atoms with E-state index in [-0.39, 0.29) is 23.6 Å². The van der Waals surface area contributed by atoms with E-state index in [0.717, 1.165) is 25.0 Å². The molecule has 0 atom stereocenters. The number of non-ortho nitro benzene ring substituents is 1. The van der Waals surface area contributed by atoms with Crippen molar-refractivity contribution in [2.24, 2.45) is 0 Å². The number of nitro groups is 2. The van der Waals surface area contributed by atoms with E-state index in [1.54, 1.807) is 0 Å². The lowest BCUT2D eigenvalue weighted by atomic mass is 10.1. The summed E-state index contributed by atoms with van der Waals surface area (Å²) in [7, 11) is 0. The van der Waals surface area contributed by atoms with Gasteiger partial charge in [0.05, 0.1) is 22.3 Å². The molecule has 0 heterocycles. The van der Waals surface area contributed by atoms with Crippen LogP contribution in [0.25, 0.3) is 0 Å². The van der Waals surface area contributed by atoms with Crippen LogP contribution >= 0.6 is 0 Å². The minimum absolute atomic E-state index is 0.162. The monoisotopic (exact) mass is 281 g/mol. The zero-order valence-electron chi connectivity index (χ0n) is 11.0. The number of nitrogens with zero attached hydrogens (tertiary/aromatic N) is 2. The first-order valence-electron chi connectivity index (χ1n) is 6.14. The molecule has 1 N–H and O–H groups in total. The van der Waals surface area contributed by atoms with Gasteiger partial charge in [-0.05, 0) is 12.5 Å². The summed E-state index contributed by atoms with van der Waals surface area (Å²) in [6.07, 6.45) is 1.59. The van der Waals surface area contributed by atoms with Crippen molar-refractivity contribution in [2.75, 3.05) is 6.54 Å². The number of unbranched alkanes of at least 4 members (excludes halogenated alkanes) is 1. The summed E-state index contributed by atoms with van der Waals surface area (Å²) in [5.41, 5.74) is -0.619. The highest BCUT2D eigenvalue weighted by molar-refractivity contribution is 5.80. The van der Waals surface area contributed by atoms with Crippen molar-refractivity contribution in [2.45, 2.75) is 26.2 Å². The number of carbonyl (C=O) groups excluding carboxylic acids is 1. The van der Waals surface area contributed by atoms with E-state index in [4.69, 9.17) is 0 Å². The Labute approximate surface area is 115 Å². The maximum Gasteiger partial charge on any atom is 0.279 e. The Morgan fingerprint density at radius 3 is 2.50 bits per heavy atom. The van der Waals surface area contributed by atoms with Crippen LogP contribution in [0.4, 0.5) is 11.4 Å². The molecule has 0 saturated carbocycles. The Morgan fingerprint density at radius 1 is 1.25 bits per heavy atom. The molecule has 0 fully saturated rings. The highest BCUT2D eigenvalue weighted by Gasteiger charge is 2.20. The molecule has 0 unspecified atom stereocenters. The topological polar surface area (TPSA) is 115 Å². The second kappa shape index (κ2) is 7.17. The summed E-state index contributed by atoms with van der Waals surface area (Å²) >= 11 is 0. The van der Waals surface area contributed by atoms with E-state index < -0.39 is 15.5 Å². The second-order valence-corrected chi connectivity index (χ2v) is 4.21. The van der Waals surface area contributed by atoms with E-state index >= 15 is 0 Å². The Balaban J connectivity index is 2.86. The fraction of sp³-hybridized carbons (Fsp3) is 0.417. The van der Waals surface area contributed by atoms with Gasteiger partial charge in [-0.2, -0.15) is 0 Å². The molecule has 0 aliphatic heterocycles. The fourth-order valence-electron chi connectivity index (χ4n) is 1.63. The van der Waals surface area contributed by atoms with Crippen molar-refractivity contribution in [1.29, 1.82) is 0 Å². The van der Waals surface area contributed by atoms with Gasteiger partial charge in [0.2, 0.25) is 5.91 Å². The lowest BCUT2D eigenvalue weighted by Gasteiger charge is -2.05. The molecule has 108 valence electrons. The molecule has 0 saturated heterocycles. The second-order valence-electron chi connectivity index (χ2n) is 4.21. The van der Waals surface area contributed by atoms with Gasteiger partial charge in [-0.3, -0.25) is 25.0 Å². The van der Waals surface area contributed by atoms with Crippen molar-refractivity contribution >= 4 is 17.3 Å². The standard InChI is InChI=1S/C12H15N3O5/c1-2-3-6-13-12(16)7-9-4-5-10(14(17)18)8-11(9)15(19)20/h4-5,8H,2-3,6-7H2,1H3,(H,13,16). The summed E-state index contributed by atoms with van der Waals surface area (Å²) in [5, 5.41) is 24.1. The highest BCUT2D eigenvalue weighted by atomic mass is 16.6. The van der Waals surface area contributed by atoms with E-state index in [0.29, 0.717) is 6.54 Å². The van der Waals surface area contributed by atoms with Crippen LogP contribution < -0.4 is 5.32 Å². The first-order valence-corrected chi connectivity index (χ1v) is 6.14. The van der Waals surface area contributed by atoms with Gasteiger partial charge in [0.25, 0.3) is 11.4 Å². The molecule has 8 nitrogen and oxygen atoms in total. The average molecular weight is 281 g/mol. The van der Waals surface area contributed by atoms with E-state index in [1.807, 2.05) is 6.92 Å². The van der Waals surface area contributed by atoms with Crippen LogP contribution in [-0.4, -0.2) is 22.3 Å². The number of hydrogen-bond acceptors (Lipinski definition) is 5. The number of amides is 1. The Kier molecular flexibility index (Phi) is 5.57. The molecule has 0 bridgehead atoms.